The molecule has 3 aromatic rings. The second kappa shape index (κ2) is 7.13. The number of sulfonamides is 1. The van der Waals surface area contributed by atoms with Gasteiger partial charge in [0.15, 0.2) is 0 Å². The zero-order chi connectivity index (χ0) is 18.7. The molecule has 26 heavy (non-hydrogen) atoms. The summed E-state index contributed by atoms with van der Waals surface area (Å²) in [5.74, 6) is -0.429. The van der Waals surface area contributed by atoms with Gasteiger partial charge in [0.2, 0.25) is 10.0 Å². The Morgan fingerprint density at radius 3 is 2.35 bits per heavy atom. The van der Waals surface area contributed by atoms with E-state index >= 15 is 0 Å². The molecular formula is C19H18N2O4S. The fourth-order valence-corrected chi connectivity index (χ4v) is 4.67. The van der Waals surface area contributed by atoms with Crippen LogP contribution in [0, 0.1) is 10.1 Å². The number of benzene rings is 3. The highest BCUT2D eigenvalue weighted by Crippen LogP contribution is 2.30. The Labute approximate surface area is 151 Å². The Morgan fingerprint density at radius 1 is 0.962 bits per heavy atom. The summed E-state index contributed by atoms with van der Waals surface area (Å²) in [4.78, 5) is 10.6. The highest BCUT2D eigenvalue weighted by molar-refractivity contribution is 7.92. The van der Waals surface area contributed by atoms with E-state index in [9.17, 15) is 18.5 Å². The van der Waals surface area contributed by atoms with E-state index in [1.807, 2.05) is 30.3 Å². The molecule has 134 valence electrons. The Morgan fingerprint density at radius 2 is 1.62 bits per heavy atom. The van der Waals surface area contributed by atoms with Gasteiger partial charge in [-0.2, -0.15) is 0 Å². The summed E-state index contributed by atoms with van der Waals surface area (Å²) < 4.78 is 27.4. The summed E-state index contributed by atoms with van der Waals surface area (Å²) in [6.45, 7) is 1.98. The highest BCUT2D eigenvalue weighted by Gasteiger charge is 2.26. The van der Waals surface area contributed by atoms with Gasteiger partial charge in [-0.05, 0) is 18.4 Å². The van der Waals surface area contributed by atoms with Crippen LogP contribution in [-0.2, 0) is 15.8 Å². The molecule has 0 fully saturated rings. The molecule has 0 saturated carbocycles. The third-order valence-electron chi connectivity index (χ3n) is 4.18. The lowest BCUT2D eigenvalue weighted by Crippen LogP contribution is -2.32. The molecule has 0 atom stereocenters. The van der Waals surface area contributed by atoms with E-state index < -0.39 is 20.7 Å². The van der Waals surface area contributed by atoms with Crippen molar-refractivity contribution in [2.24, 2.45) is 0 Å². The van der Waals surface area contributed by atoms with Crippen LogP contribution in [0.2, 0.25) is 0 Å². The molecule has 6 nitrogen and oxygen atoms in total. The van der Waals surface area contributed by atoms with Gasteiger partial charge in [0.05, 0.1) is 10.6 Å². The van der Waals surface area contributed by atoms with Crippen LogP contribution in [0.1, 0.15) is 12.5 Å². The summed E-state index contributed by atoms with van der Waals surface area (Å²) in [6.07, 6.45) is 0. The van der Waals surface area contributed by atoms with Crippen molar-refractivity contribution in [3.8, 4) is 0 Å². The van der Waals surface area contributed by atoms with E-state index in [1.54, 1.807) is 25.1 Å². The summed E-state index contributed by atoms with van der Waals surface area (Å²) in [5.41, 5.74) is 0.561. The number of para-hydroxylation sites is 1. The number of hydrogen-bond acceptors (Lipinski definition) is 4. The second-order valence-electron chi connectivity index (χ2n) is 5.81. The van der Waals surface area contributed by atoms with Crippen LogP contribution in [-0.4, -0.2) is 19.9 Å². The minimum Gasteiger partial charge on any atom is -0.270 e. The van der Waals surface area contributed by atoms with E-state index in [4.69, 9.17) is 0 Å². The van der Waals surface area contributed by atoms with Gasteiger partial charge >= 0.3 is 0 Å². The first kappa shape index (κ1) is 17.9. The van der Waals surface area contributed by atoms with Gasteiger partial charge in [-0.15, -0.1) is 0 Å². The second-order valence-corrected chi connectivity index (χ2v) is 7.70. The van der Waals surface area contributed by atoms with Gasteiger partial charge in [0.25, 0.3) is 5.69 Å². The lowest BCUT2D eigenvalue weighted by Gasteiger charge is -2.24. The van der Waals surface area contributed by atoms with Crippen molar-refractivity contribution in [3.63, 3.8) is 0 Å². The van der Waals surface area contributed by atoms with Crippen molar-refractivity contribution in [1.29, 1.82) is 0 Å². The van der Waals surface area contributed by atoms with Crippen LogP contribution in [0.3, 0.4) is 0 Å². The maximum absolute atomic E-state index is 13.1. The Balaban J connectivity index is 2.06. The maximum atomic E-state index is 13.1. The number of hydrogen-bond donors (Lipinski definition) is 0. The number of fused-ring (bicyclic) bond motifs is 1. The van der Waals surface area contributed by atoms with Crippen molar-refractivity contribution < 1.29 is 13.3 Å². The smallest absolute Gasteiger partial charge is 0.270 e. The van der Waals surface area contributed by atoms with Crippen LogP contribution in [0.4, 0.5) is 11.4 Å². The molecule has 0 aliphatic carbocycles. The zero-order valence-corrected chi connectivity index (χ0v) is 15.0. The Hall–Kier alpha value is -2.93. The molecular weight excluding hydrogens is 352 g/mol. The molecule has 0 aliphatic rings. The van der Waals surface area contributed by atoms with E-state index in [-0.39, 0.29) is 17.8 Å². The van der Waals surface area contributed by atoms with Gasteiger partial charge < -0.3 is 0 Å². The van der Waals surface area contributed by atoms with E-state index in [0.29, 0.717) is 5.69 Å². The molecule has 0 N–H and O–H groups in total. The van der Waals surface area contributed by atoms with Crippen LogP contribution in [0.15, 0.2) is 66.7 Å². The minimum absolute atomic E-state index is 0.177. The standard InChI is InChI=1S/C19H18N2O4S/c1-2-20(19-13-7-10-15-8-3-5-11-17(15)19)26(24,25)14-16-9-4-6-12-18(16)21(22)23/h3-13H,2,14H2,1H3. The zero-order valence-electron chi connectivity index (χ0n) is 14.2. The monoisotopic (exact) mass is 370 g/mol. The average molecular weight is 370 g/mol. The molecule has 0 radical (unpaired) electrons. The van der Waals surface area contributed by atoms with Crippen molar-refractivity contribution in [3.05, 3.63) is 82.4 Å². The molecule has 7 heteroatoms. The first-order valence-electron chi connectivity index (χ1n) is 8.14. The van der Waals surface area contributed by atoms with Gasteiger partial charge in [0.1, 0.15) is 5.75 Å². The molecule has 0 spiro atoms. The number of nitro benzene ring substituents is 1. The quantitative estimate of drug-likeness (QED) is 0.483. The topological polar surface area (TPSA) is 80.5 Å². The Kier molecular flexibility index (Phi) is 4.90. The van der Waals surface area contributed by atoms with Crippen molar-refractivity contribution >= 4 is 32.2 Å². The van der Waals surface area contributed by atoms with Gasteiger partial charge in [-0.25, -0.2) is 8.42 Å². The fourth-order valence-electron chi connectivity index (χ4n) is 3.03. The number of rotatable bonds is 6. The van der Waals surface area contributed by atoms with Gasteiger partial charge in [-0.3, -0.25) is 14.4 Å². The molecule has 3 rings (SSSR count). The van der Waals surface area contributed by atoms with Crippen LogP contribution < -0.4 is 4.31 Å². The summed E-state index contributed by atoms with van der Waals surface area (Å²) in [7, 11) is -3.80. The molecule has 0 saturated heterocycles. The van der Waals surface area contributed by atoms with Crippen molar-refractivity contribution in [1.82, 2.24) is 0 Å². The minimum atomic E-state index is -3.80. The van der Waals surface area contributed by atoms with E-state index in [2.05, 4.69) is 0 Å². The van der Waals surface area contributed by atoms with Gasteiger partial charge in [0, 0.05) is 23.6 Å². The molecule has 0 heterocycles. The number of nitrogens with zero attached hydrogens (tertiary/aromatic N) is 2. The molecule has 0 amide bonds. The summed E-state index contributed by atoms with van der Waals surface area (Å²) in [6, 6.07) is 18.9. The molecule has 0 bridgehead atoms. The average Bonchev–Trinajstić information content (AvgIpc) is 2.62. The molecule has 0 aliphatic heterocycles. The first-order chi connectivity index (χ1) is 12.4. The number of nitro groups is 1. The first-order valence-corrected chi connectivity index (χ1v) is 9.75. The van der Waals surface area contributed by atoms with Crippen molar-refractivity contribution in [2.45, 2.75) is 12.7 Å². The summed E-state index contributed by atoms with van der Waals surface area (Å²) in [5, 5.41) is 12.9. The van der Waals surface area contributed by atoms with Gasteiger partial charge in [-0.1, -0.05) is 54.6 Å². The fraction of sp³-hybridized carbons (Fsp3) is 0.158. The maximum Gasteiger partial charge on any atom is 0.273 e. The summed E-state index contributed by atoms with van der Waals surface area (Å²) >= 11 is 0. The third kappa shape index (κ3) is 3.39. The lowest BCUT2D eigenvalue weighted by atomic mass is 10.1. The van der Waals surface area contributed by atoms with Crippen LogP contribution in [0.5, 0.6) is 0 Å². The predicted molar refractivity (Wildman–Crippen MR) is 103 cm³/mol. The molecule has 3 aromatic carbocycles. The predicted octanol–water partition coefficient (Wildman–Crippen LogP) is 4.10. The lowest BCUT2D eigenvalue weighted by molar-refractivity contribution is -0.385. The third-order valence-corrected chi connectivity index (χ3v) is 5.99. The number of anilines is 1. The van der Waals surface area contributed by atoms with E-state index in [1.165, 1.54) is 22.5 Å². The Bertz CT molecular complexity index is 1060. The largest absolute Gasteiger partial charge is 0.273 e. The van der Waals surface area contributed by atoms with Crippen molar-refractivity contribution in [2.75, 3.05) is 10.8 Å². The van der Waals surface area contributed by atoms with E-state index in [0.717, 1.165) is 10.8 Å². The van der Waals surface area contributed by atoms with Crippen LogP contribution >= 0.6 is 0 Å². The normalized spacial score (nSPS) is 11.4. The highest BCUT2D eigenvalue weighted by atomic mass is 32.2. The van der Waals surface area contributed by atoms with Crippen LogP contribution in [0.25, 0.3) is 10.8 Å². The molecule has 0 unspecified atom stereocenters. The molecule has 0 aromatic heterocycles. The SMILES string of the molecule is CCN(c1cccc2ccccc12)S(=O)(=O)Cc1ccccc1[N+](=O)[O-].